The number of carbonyl (C=O) groups is 1. The third-order valence-electron chi connectivity index (χ3n) is 5.69. The summed E-state index contributed by atoms with van der Waals surface area (Å²) in [4.78, 5) is 33.9. The van der Waals surface area contributed by atoms with E-state index in [9.17, 15) is 9.59 Å². The molecular weight excluding hydrogens is 428 g/mol. The molecule has 0 saturated carbocycles. The Labute approximate surface area is 201 Å². The number of nitrogens with zero attached hydrogens (tertiary/aromatic N) is 3. The summed E-state index contributed by atoms with van der Waals surface area (Å²) in [6.07, 6.45) is 2.42. The van der Waals surface area contributed by atoms with Gasteiger partial charge in [-0.1, -0.05) is 32.4 Å². The number of benzene rings is 2. The van der Waals surface area contributed by atoms with Gasteiger partial charge in [-0.15, -0.1) is 0 Å². The topological polar surface area (TPSA) is 76.5 Å². The highest BCUT2D eigenvalue weighted by Crippen LogP contribution is 2.27. The number of unbranched alkanes of at least 4 members (excludes halogenated alkanes) is 1. The number of ether oxygens (including phenoxy) is 1. The number of hydrogen-bond acceptors (Lipinski definition) is 4. The van der Waals surface area contributed by atoms with Crippen LogP contribution < -0.4 is 15.6 Å². The Bertz CT molecular complexity index is 1180. The van der Waals surface area contributed by atoms with E-state index in [0.717, 1.165) is 12.8 Å². The van der Waals surface area contributed by atoms with Crippen molar-refractivity contribution in [3.05, 3.63) is 64.7 Å². The summed E-state index contributed by atoms with van der Waals surface area (Å²) < 4.78 is 6.94. The molecule has 3 rings (SSSR count). The molecule has 0 bridgehead atoms. The Morgan fingerprint density at radius 3 is 2.38 bits per heavy atom. The first-order valence-electron chi connectivity index (χ1n) is 11.9. The predicted octanol–water partition coefficient (Wildman–Crippen LogP) is 5.46. The molecule has 0 aliphatic heterocycles. The number of para-hydroxylation sites is 1. The lowest BCUT2D eigenvalue weighted by molar-refractivity contribution is 0.159. The van der Waals surface area contributed by atoms with Gasteiger partial charge in [0.05, 0.1) is 29.7 Å². The number of carbonyl (C=O) groups excluding carboxylic acids is 1. The van der Waals surface area contributed by atoms with E-state index in [1.54, 1.807) is 17.7 Å². The zero-order valence-electron chi connectivity index (χ0n) is 21.1. The van der Waals surface area contributed by atoms with E-state index in [0.29, 0.717) is 41.1 Å². The summed E-state index contributed by atoms with van der Waals surface area (Å²) in [7, 11) is 1.61. The van der Waals surface area contributed by atoms with Crippen LogP contribution in [-0.4, -0.2) is 39.7 Å². The van der Waals surface area contributed by atoms with Crippen molar-refractivity contribution in [2.45, 2.75) is 65.5 Å². The fourth-order valence-electron chi connectivity index (χ4n) is 4.02. The van der Waals surface area contributed by atoms with Crippen LogP contribution in [0.15, 0.2) is 53.3 Å². The van der Waals surface area contributed by atoms with Crippen molar-refractivity contribution in [1.29, 1.82) is 0 Å². The molecule has 34 heavy (non-hydrogen) atoms. The number of nitrogens with one attached hydrogen (secondary N) is 1. The lowest BCUT2D eigenvalue weighted by Gasteiger charge is -2.34. The number of aromatic nitrogens is 2. The summed E-state index contributed by atoms with van der Waals surface area (Å²) in [5.41, 5.74) is 0.768. The largest absolute Gasteiger partial charge is 0.497 e. The van der Waals surface area contributed by atoms with E-state index in [4.69, 9.17) is 9.72 Å². The number of hydrogen-bond donors (Lipinski definition) is 1. The van der Waals surface area contributed by atoms with Crippen LogP contribution in [0.4, 0.5) is 4.79 Å². The van der Waals surface area contributed by atoms with Crippen LogP contribution >= 0.6 is 0 Å². The molecule has 7 heteroatoms. The van der Waals surface area contributed by atoms with E-state index in [-0.39, 0.29) is 23.2 Å². The number of rotatable bonds is 8. The van der Waals surface area contributed by atoms with Crippen molar-refractivity contribution in [1.82, 2.24) is 19.8 Å². The van der Waals surface area contributed by atoms with Crippen LogP contribution in [0.5, 0.6) is 5.75 Å². The fourth-order valence-corrected chi connectivity index (χ4v) is 4.02. The normalized spacial score (nSPS) is 12.4. The van der Waals surface area contributed by atoms with Crippen LogP contribution in [0.25, 0.3) is 16.6 Å². The van der Waals surface area contributed by atoms with Crippen LogP contribution in [-0.2, 0) is 0 Å². The van der Waals surface area contributed by atoms with Crippen molar-refractivity contribution >= 4 is 16.9 Å². The summed E-state index contributed by atoms with van der Waals surface area (Å²) >= 11 is 0. The molecule has 1 aromatic heterocycles. The molecular formula is C27H36N4O3. The van der Waals surface area contributed by atoms with Gasteiger partial charge in [-0.25, -0.2) is 9.78 Å². The molecule has 3 aromatic rings. The number of urea groups is 1. The van der Waals surface area contributed by atoms with E-state index >= 15 is 0 Å². The smallest absolute Gasteiger partial charge is 0.318 e. The predicted molar refractivity (Wildman–Crippen MR) is 137 cm³/mol. The van der Waals surface area contributed by atoms with Crippen molar-refractivity contribution < 1.29 is 9.53 Å². The van der Waals surface area contributed by atoms with E-state index in [1.807, 2.05) is 75.1 Å². The summed E-state index contributed by atoms with van der Waals surface area (Å²) in [5.74, 6) is 1.25. The maximum atomic E-state index is 13.7. The maximum Gasteiger partial charge on any atom is 0.318 e. The molecule has 0 aliphatic carbocycles. The summed E-state index contributed by atoms with van der Waals surface area (Å²) in [5, 5.41) is 3.63. The van der Waals surface area contributed by atoms with E-state index in [2.05, 4.69) is 12.2 Å². The van der Waals surface area contributed by atoms with Crippen molar-refractivity contribution in [2.75, 3.05) is 13.7 Å². The molecule has 2 aromatic carbocycles. The lowest BCUT2D eigenvalue weighted by Crippen LogP contribution is -2.50. The Hall–Kier alpha value is -3.35. The Morgan fingerprint density at radius 2 is 1.79 bits per heavy atom. The molecule has 182 valence electrons. The molecule has 1 unspecified atom stereocenters. The van der Waals surface area contributed by atoms with Gasteiger partial charge in [0, 0.05) is 12.1 Å². The highest BCUT2D eigenvalue weighted by molar-refractivity contribution is 5.78. The first-order valence-corrected chi connectivity index (χ1v) is 11.9. The van der Waals surface area contributed by atoms with Crippen LogP contribution in [0.2, 0.25) is 0 Å². The number of methoxy groups -OCH3 is 1. The van der Waals surface area contributed by atoms with Crippen molar-refractivity contribution in [3.8, 4) is 11.4 Å². The first-order chi connectivity index (χ1) is 16.2. The van der Waals surface area contributed by atoms with Gasteiger partial charge in [0.15, 0.2) is 0 Å². The van der Waals surface area contributed by atoms with Crippen molar-refractivity contribution in [2.24, 2.45) is 0 Å². The Balaban J connectivity index is 2.24. The van der Waals surface area contributed by atoms with Crippen LogP contribution in [0.3, 0.4) is 0 Å². The monoisotopic (exact) mass is 464 g/mol. The fraction of sp³-hybridized carbons (Fsp3) is 0.444. The maximum absolute atomic E-state index is 13.7. The highest BCUT2D eigenvalue weighted by Gasteiger charge is 2.30. The van der Waals surface area contributed by atoms with E-state index in [1.165, 1.54) is 0 Å². The molecule has 0 aliphatic rings. The quantitative estimate of drug-likeness (QED) is 0.481. The third kappa shape index (κ3) is 5.58. The molecule has 1 N–H and O–H groups in total. The summed E-state index contributed by atoms with van der Waals surface area (Å²) in [6, 6.07) is 14.1. The number of fused-ring (bicyclic) bond motifs is 1. The molecule has 0 spiro atoms. The van der Waals surface area contributed by atoms with Crippen LogP contribution in [0, 0.1) is 0 Å². The molecule has 1 heterocycles. The molecule has 0 saturated heterocycles. The molecule has 0 fully saturated rings. The minimum atomic E-state index is -0.383. The average molecular weight is 465 g/mol. The Kier molecular flexibility index (Phi) is 7.97. The minimum absolute atomic E-state index is 0.156. The van der Waals surface area contributed by atoms with Crippen LogP contribution in [0.1, 0.15) is 65.7 Å². The van der Waals surface area contributed by atoms with Gasteiger partial charge in [0.25, 0.3) is 5.56 Å². The standard InChI is InChI=1S/C27H36N4O3/c1-7-9-18-30(26(33)29-27(3,4)5)23(8-2)24-28-22-13-11-10-12-21(22)25(32)31(24)19-14-16-20(34-6)17-15-19/h10-17,23H,7-9,18H2,1-6H3,(H,29,33). The van der Waals surface area contributed by atoms with Gasteiger partial charge >= 0.3 is 6.03 Å². The lowest BCUT2D eigenvalue weighted by atomic mass is 10.1. The first kappa shape index (κ1) is 25.3. The minimum Gasteiger partial charge on any atom is -0.497 e. The second kappa shape index (κ2) is 10.7. The second-order valence-electron chi connectivity index (χ2n) is 9.48. The second-order valence-corrected chi connectivity index (χ2v) is 9.48. The summed E-state index contributed by atoms with van der Waals surface area (Å²) in [6.45, 7) is 10.6. The molecule has 0 radical (unpaired) electrons. The Morgan fingerprint density at radius 1 is 1.12 bits per heavy atom. The SMILES string of the molecule is CCCCN(C(=O)NC(C)(C)C)C(CC)c1nc2ccccc2c(=O)n1-c1ccc(OC)cc1. The van der Waals surface area contributed by atoms with Gasteiger partial charge in [-0.3, -0.25) is 9.36 Å². The van der Waals surface area contributed by atoms with Gasteiger partial charge in [0.1, 0.15) is 11.6 Å². The average Bonchev–Trinajstić information content (AvgIpc) is 2.81. The van der Waals surface area contributed by atoms with Gasteiger partial charge in [0.2, 0.25) is 0 Å². The van der Waals surface area contributed by atoms with Gasteiger partial charge in [-0.2, -0.15) is 0 Å². The zero-order chi connectivity index (χ0) is 24.9. The third-order valence-corrected chi connectivity index (χ3v) is 5.69. The highest BCUT2D eigenvalue weighted by atomic mass is 16.5. The molecule has 7 nitrogen and oxygen atoms in total. The van der Waals surface area contributed by atoms with E-state index < -0.39 is 0 Å². The van der Waals surface area contributed by atoms with Gasteiger partial charge < -0.3 is 15.0 Å². The molecule has 1 atom stereocenters. The van der Waals surface area contributed by atoms with Gasteiger partial charge in [-0.05, 0) is 70.0 Å². The zero-order valence-corrected chi connectivity index (χ0v) is 21.1. The number of amides is 2. The molecule has 2 amide bonds. The van der Waals surface area contributed by atoms with Crippen molar-refractivity contribution in [3.63, 3.8) is 0 Å².